The monoisotopic (exact) mass is 286 g/mol. The van der Waals surface area contributed by atoms with Gasteiger partial charge in [-0.25, -0.2) is 8.42 Å². The zero-order chi connectivity index (χ0) is 11.4. The minimum atomic E-state index is -3.05. The first kappa shape index (κ1) is 13.9. The van der Waals surface area contributed by atoms with Gasteiger partial charge < -0.3 is 5.11 Å². The Labute approximate surface area is 92.7 Å². The van der Waals surface area contributed by atoms with E-state index < -0.39 is 25.9 Å². The number of halogens is 1. The zero-order valence-electron chi connectivity index (χ0n) is 8.23. The smallest absolute Gasteiger partial charge is 0.306 e. The van der Waals surface area contributed by atoms with E-state index >= 15 is 0 Å². The molecule has 0 saturated carbocycles. The molecule has 0 spiro atoms. The van der Waals surface area contributed by atoms with Gasteiger partial charge in [0.15, 0.2) is 9.84 Å². The third kappa shape index (κ3) is 5.59. The molecule has 0 aromatic carbocycles. The van der Waals surface area contributed by atoms with Gasteiger partial charge in [-0.3, -0.25) is 4.79 Å². The average molecular weight is 287 g/mol. The summed E-state index contributed by atoms with van der Waals surface area (Å²) in [5, 5.41) is 8.58. The highest BCUT2D eigenvalue weighted by molar-refractivity contribution is 9.11. The summed E-state index contributed by atoms with van der Waals surface area (Å²) in [5.41, 5.74) is 0. The van der Waals surface area contributed by atoms with E-state index in [9.17, 15) is 13.2 Å². The lowest BCUT2D eigenvalue weighted by atomic mass is 10.1. The number of alkyl halides is 1. The number of carboxylic acid groups (broad SMARTS) is 1. The van der Waals surface area contributed by atoms with Gasteiger partial charge in [0.1, 0.15) is 4.16 Å². The number of carboxylic acids is 1. The topological polar surface area (TPSA) is 71.4 Å². The molecule has 0 aliphatic heterocycles. The van der Waals surface area contributed by atoms with Crippen LogP contribution in [0.4, 0.5) is 0 Å². The Morgan fingerprint density at radius 1 is 1.43 bits per heavy atom. The third-order valence-corrected chi connectivity index (χ3v) is 5.61. The van der Waals surface area contributed by atoms with Crippen LogP contribution >= 0.6 is 15.9 Å². The molecule has 6 heteroatoms. The van der Waals surface area contributed by atoms with Crippen molar-refractivity contribution < 1.29 is 18.3 Å². The van der Waals surface area contributed by atoms with E-state index in [0.717, 1.165) is 6.26 Å². The highest BCUT2D eigenvalue weighted by atomic mass is 79.9. The van der Waals surface area contributed by atoms with Crippen molar-refractivity contribution in [1.29, 1.82) is 0 Å². The molecule has 4 nitrogen and oxygen atoms in total. The lowest BCUT2D eigenvalue weighted by Crippen LogP contribution is -2.14. The summed E-state index contributed by atoms with van der Waals surface area (Å²) in [6.07, 6.45) is 2.72. The molecule has 1 N–H and O–H groups in total. The van der Waals surface area contributed by atoms with Gasteiger partial charge in [-0.15, -0.1) is 0 Å². The van der Waals surface area contributed by atoms with Crippen molar-refractivity contribution in [1.82, 2.24) is 0 Å². The first-order valence-electron chi connectivity index (χ1n) is 4.31. The Bertz CT molecular complexity index is 286. The van der Waals surface area contributed by atoms with Crippen molar-refractivity contribution in [3.05, 3.63) is 0 Å². The fraction of sp³-hybridized carbons (Fsp3) is 0.875. The molecule has 0 heterocycles. The summed E-state index contributed by atoms with van der Waals surface area (Å²) in [6, 6.07) is 0. The molecule has 0 saturated heterocycles. The number of sulfone groups is 1. The van der Waals surface area contributed by atoms with E-state index in [0.29, 0.717) is 19.3 Å². The van der Waals surface area contributed by atoms with Crippen LogP contribution in [0.3, 0.4) is 0 Å². The van der Waals surface area contributed by atoms with Crippen LogP contribution in [0.1, 0.15) is 26.2 Å². The number of aliphatic carboxylic acids is 1. The molecule has 0 rings (SSSR count). The van der Waals surface area contributed by atoms with Crippen LogP contribution in [0.15, 0.2) is 0 Å². The molecule has 0 radical (unpaired) electrons. The number of hydrogen-bond acceptors (Lipinski definition) is 3. The molecule has 0 unspecified atom stereocenters. The van der Waals surface area contributed by atoms with E-state index in [-0.39, 0.29) is 0 Å². The Kier molecular flexibility index (Phi) is 5.66. The molecule has 0 aromatic heterocycles. The maximum Gasteiger partial charge on any atom is 0.306 e. The van der Waals surface area contributed by atoms with E-state index in [1.54, 1.807) is 6.92 Å². The zero-order valence-corrected chi connectivity index (χ0v) is 10.6. The van der Waals surface area contributed by atoms with Gasteiger partial charge in [-0.2, -0.15) is 0 Å². The van der Waals surface area contributed by atoms with Gasteiger partial charge in [0.2, 0.25) is 0 Å². The number of carbonyl (C=O) groups is 1. The molecule has 0 fully saturated rings. The maximum atomic E-state index is 11.0. The summed E-state index contributed by atoms with van der Waals surface area (Å²) in [4.78, 5) is 10.4. The second kappa shape index (κ2) is 5.70. The first-order chi connectivity index (χ1) is 6.25. The van der Waals surface area contributed by atoms with Gasteiger partial charge in [0.05, 0.1) is 5.92 Å². The number of hydrogen-bond donors (Lipinski definition) is 1. The molecular formula is C8H15BrO4S. The minimum Gasteiger partial charge on any atom is -0.481 e. The van der Waals surface area contributed by atoms with E-state index in [4.69, 9.17) is 5.11 Å². The van der Waals surface area contributed by atoms with Crippen LogP contribution in [-0.2, 0) is 14.6 Å². The lowest BCUT2D eigenvalue weighted by Gasteiger charge is -2.08. The lowest BCUT2D eigenvalue weighted by molar-refractivity contribution is -0.141. The van der Waals surface area contributed by atoms with Gasteiger partial charge in [-0.05, 0) is 12.8 Å². The van der Waals surface area contributed by atoms with Crippen molar-refractivity contribution in [2.24, 2.45) is 5.92 Å². The van der Waals surface area contributed by atoms with E-state index in [1.165, 1.54) is 0 Å². The standard InChI is InChI=1S/C8H15BrO4S/c1-6(8(10)11)4-3-5-7(9)14(2,12)13/h6-7H,3-5H2,1-2H3,(H,10,11)/t6-,7-/m0/s1. The maximum absolute atomic E-state index is 11.0. The SMILES string of the molecule is C[C@@H](CCC[C@@H](Br)S(C)(=O)=O)C(=O)O. The molecule has 0 aromatic rings. The van der Waals surface area contributed by atoms with Crippen LogP contribution in [0.25, 0.3) is 0 Å². The predicted molar refractivity (Wildman–Crippen MR) is 58.2 cm³/mol. The Morgan fingerprint density at radius 2 is 1.93 bits per heavy atom. The molecule has 0 bridgehead atoms. The Morgan fingerprint density at radius 3 is 2.29 bits per heavy atom. The van der Waals surface area contributed by atoms with Crippen molar-refractivity contribution >= 4 is 31.7 Å². The fourth-order valence-corrected chi connectivity index (χ4v) is 1.84. The Hall–Kier alpha value is -0.100. The highest BCUT2D eigenvalue weighted by Crippen LogP contribution is 2.17. The Balaban J connectivity index is 3.81. The van der Waals surface area contributed by atoms with Gasteiger partial charge >= 0.3 is 5.97 Å². The largest absolute Gasteiger partial charge is 0.481 e. The summed E-state index contributed by atoms with van der Waals surface area (Å²) < 4.78 is 21.4. The van der Waals surface area contributed by atoms with Crippen molar-refractivity contribution in [2.45, 2.75) is 30.3 Å². The highest BCUT2D eigenvalue weighted by Gasteiger charge is 2.17. The molecule has 0 amide bonds. The second-order valence-electron chi connectivity index (χ2n) is 3.41. The van der Waals surface area contributed by atoms with Crippen molar-refractivity contribution in [3.63, 3.8) is 0 Å². The summed E-state index contributed by atoms with van der Waals surface area (Å²) >= 11 is 3.05. The molecule has 14 heavy (non-hydrogen) atoms. The van der Waals surface area contributed by atoms with Crippen LogP contribution in [0.2, 0.25) is 0 Å². The number of rotatable bonds is 6. The molecule has 2 atom stereocenters. The first-order valence-corrected chi connectivity index (χ1v) is 7.18. The van der Waals surface area contributed by atoms with Crippen LogP contribution in [0, 0.1) is 5.92 Å². The fourth-order valence-electron chi connectivity index (χ4n) is 0.922. The van der Waals surface area contributed by atoms with Crippen LogP contribution < -0.4 is 0 Å². The van der Waals surface area contributed by atoms with Crippen LogP contribution in [-0.4, -0.2) is 29.9 Å². The van der Waals surface area contributed by atoms with E-state index in [2.05, 4.69) is 15.9 Å². The predicted octanol–water partition coefficient (Wildman–Crippen LogP) is 1.64. The van der Waals surface area contributed by atoms with Gasteiger partial charge in [0, 0.05) is 6.26 Å². The summed E-state index contributed by atoms with van der Waals surface area (Å²) in [6.45, 7) is 1.62. The normalized spacial score (nSPS) is 16.2. The van der Waals surface area contributed by atoms with Crippen molar-refractivity contribution in [2.75, 3.05) is 6.26 Å². The minimum absolute atomic E-state index is 0.408. The third-order valence-electron chi connectivity index (χ3n) is 1.95. The molecule has 84 valence electrons. The molecule has 0 aliphatic carbocycles. The molecular weight excluding hydrogens is 272 g/mol. The van der Waals surface area contributed by atoms with Crippen LogP contribution in [0.5, 0.6) is 0 Å². The van der Waals surface area contributed by atoms with Gasteiger partial charge in [-0.1, -0.05) is 29.3 Å². The quantitative estimate of drug-likeness (QED) is 0.754. The second-order valence-corrected chi connectivity index (χ2v) is 7.35. The summed E-state index contributed by atoms with van der Waals surface area (Å²) in [7, 11) is -3.05. The van der Waals surface area contributed by atoms with Crippen molar-refractivity contribution in [3.8, 4) is 0 Å². The molecule has 0 aliphatic rings. The van der Waals surface area contributed by atoms with Gasteiger partial charge in [0.25, 0.3) is 0 Å². The summed E-state index contributed by atoms with van der Waals surface area (Å²) in [5.74, 6) is -1.25. The van der Waals surface area contributed by atoms with E-state index in [1.807, 2.05) is 0 Å². The average Bonchev–Trinajstić information content (AvgIpc) is 2.01.